The van der Waals surface area contributed by atoms with Gasteiger partial charge in [0.05, 0.1) is 6.42 Å². The Morgan fingerprint density at radius 3 is 2.23 bits per heavy atom. The van der Waals surface area contributed by atoms with Gasteiger partial charge >= 0.3 is 11.9 Å². The average Bonchev–Trinajstić information content (AvgIpc) is 1.99. The van der Waals surface area contributed by atoms with Gasteiger partial charge < -0.3 is 15.9 Å². The van der Waals surface area contributed by atoms with E-state index in [1.54, 1.807) is 0 Å². The van der Waals surface area contributed by atoms with E-state index in [0.717, 1.165) is 6.42 Å². The zero-order chi connectivity index (χ0) is 10.5. The Hall–Kier alpha value is -1.10. The second-order valence-corrected chi connectivity index (χ2v) is 3.14. The first kappa shape index (κ1) is 11.9. The molecule has 0 fully saturated rings. The third-order valence-electron chi connectivity index (χ3n) is 1.87. The van der Waals surface area contributed by atoms with Crippen LogP contribution in [0.25, 0.3) is 0 Å². The summed E-state index contributed by atoms with van der Waals surface area (Å²) in [4.78, 5) is 21.0. The predicted octanol–water partition coefficient (Wildman–Crippen LogP) is 0.433. The Morgan fingerprint density at radius 1 is 1.38 bits per heavy atom. The molecule has 76 valence electrons. The standard InChI is InChI=1S/C8H15NO4/c1-2-3-4-8(9,7(12)13)5-6(10)11/h2-5,9H2,1H3,(H,10,11)(H,12,13). The largest absolute Gasteiger partial charge is 0.481 e. The van der Waals surface area contributed by atoms with Crippen LogP contribution in [0.3, 0.4) is 0 Å². The topological polar surface area (TPSA) is 101 Å². The van der Waals surface area contributed by atoms with Crippen LogP contribution in [-0.2, 0) is 9.59 Å². The molecule has 0 saturated heterocycles. The van der Waals surface area contributed by atoms with Crippen LogP contribution in [0.15, 0.2) is 0 Å². The molecule has 0 rings (SSSR count). The highest BCUT2D eigenvalue weighted by Crippen LogP contribution is 2.16. The fourth-order valence-corrected chi connectivity index (χ4v) is 1.03. The number of unbranched alkanes of at least 4 members (excludes halogenated alkanes) is 1. The van der Waals surface area contributed by atoms with E-state index in [2.05, 4.69) is 0 Å². The molecule has 0 heterocycles. The first-order valence-corrected chi connectivity index (χ1v) is 4.16. The molecule has 0 aliphatic carbocycles. The highest BCUT2D eigenvalue weighted by atomic mass is 16.4. The molecule has 0 aliphatic rings. The second kappa shape index (κ2) is 4.81. The van der Waals surface area contributed by atoms with Crippen LogP contribution >= 0.6 is 0 Å². The average molecular weight is 189 g/mol. The van der Waals surface area contributed by atoms with Crippen LogP contribution in [0.4, 0.5) is 0 Å². The van der Waals surface area contributed by atoms with Gasteiger partial charge in [0.15, 0.2) is 0 Å². The molecule has 0 spiro atoms. The quantitative estimate of drug-likeness (QED) is 0.562. The normalized spacial score (nSPS) is 14.9. The number of hydrogen-bond acceptors (Lipinski definition) is 3. The van der Waals surface area contributed by atoms with E-state index in [4.69, 9.17) is 15.9 Å². The zero-order valence-corrected chi connectivity index (χ0v) is 7.62. The molecule has 0 saturated carbocycles. The maximum absolute atomic E-state index is 10.7. The highest BCUT2D eigenvalue weighted by Gasteiger charge is 2.35. The van der Waals surface area contributed by atoms with Crippen molar-refractivity contribution in [3.63, 3.8) is 0 Å². The SMILES string of the molecule is CCCCC(N)(CC(=O)O)C(=O)O. The number of hydrogen-bond donors (Lipinski definition) is 3. The van der Waals surface area contributed by atoms with E-state index >= 15 is 0 Å². The molecule has 0 aliphatic heterocycles. The van der Waals surface area contributed by atoms with Crippen molar-refractivity contribution in [2.75, 3.05) is 0 Å². The van der Waals surface area contributed by atoms with Crippen molar-refractivity contribution in [3.8, 4) is 0 Å². The summed E-state index contributed by atoms with van der Waals surface area (Å²) in [6, 6.07) is 0. The van der Waals surface area contributed by atoms with Gasteiger partial charge in [0.25, 0.3) is 0 Å². The smallest absolute Gasteiger partial charge is 0.324 e. The lowest BCUT2D eigenvalue weighted by Crippen LogP contribution is -2.49. The van der Waals surface area contributed by atoms with Crippen LogP contribution in [0, 0.1) is 0 Å². The minimum atomic E-state index is -1.61. The van der Waals surface area contributed by atoms with Crippen LogP contribution in [-0.4, -0.2) is 27.7 Å². The molecule has 0 bridgehead atoms. The molecule has 1 atom stereocenters. The molecular weight excluding hydrogens is 174 g/mol. The summed E-state index contributed by atoms with van der Waals surface area (Å²) in [7, 11) is 0. The fraction of sp³-hybridized carbons (Fsp3) is 0.750. The maximum atomic E-state index is 10.7. The fourth-order valence-electron chi connectivity index (χ4n) is 1.03. The molecule has 0 radical (unpaired) electrons. The first-order chi connectivity index (χ1) is 5.92. The zero-order valence-electron chi connectivity index (χ0n) is 7.62. The molecule has 1 unspecified atom stereocenters. The summed E-state index contributed by atoms with van der Waals surface area (Å²) in [5.74, 6) is -2.43. The number of carboxylic acids is 2. The van der Waals surface area contributed by atoms with Crippen LogP contribution in [0.2, 0.25) is 0 Å². The van der Waals surface area contributed by atoms with Crippen molar-refractivity contribution in [3.05, 3.63) is 0 Å². The number of rotatable bonds is 6. The van der Waals surface area contributed by atoms with Crippen LogP contribution in [0.1, 0.15) is 32.6 Å². The summed E-state index contributed by atoms with van der Waals surface area (Å²) >= 11 is 0. The lowest BCUT2D eigenvalue weighted by molar-refractivity contribution is -0.150. The van der Waals surface area contributed by atoms with Crippen molar-refractivity contribution < 1.29 is 19.8 Å². The van der Waals surface area contributed by atoms with E-state index < -0.39 is 23.9 Å². The van der Waals surface area contributed by atoms with E-state index in [1.165, 1.54) is 0 Å². The number of carboxylic acid groups (broad SMARTS) is 2. The molecule has 5 heteroatoms. The third-order valence-corrected chi connectivity index (χ3v) is 1.87. The summed E-state index contributed by atoms with van der Waals surface area (Å²) in [5, 5.41) is 17.2. The van der Waals surface area contributed by atoms with Gasteiger partial charge in [0, 0.05) is 0 Å². The third kappa shape index (κ3) is 3.89. The molecule has 5 nitrogen and oxygen atoms in total. The summed E-state index contributed by atoms with van der Waals surface area (Å²) in [6.45, 7) is 1.89. The van der Waals surface area contributed by atoms with Gasteiger partial charge in [-0.15, -0.1) is 0 Å². The minimum Gasteiger partial charge on any atom is -0.481 e. The Balaban J connectivity index is 4.34. The molecule has 0 aromatic carbocycles. The van der Waals surface area contributed by atoms with E-state index in [0.29, 0.717) is 6.42 Å². The number of nitrogens with two attached hydrogens (primary N) is 1. The van der Waals surface area contributed by atoms with E-state index in [9.17, 15) is 9.59 Å². The summed E-state index contributed by atoms with van der Waals surface area (Å²) in [6.07, 6.45) is 1.09. The van der Waals surface area contributed by atoms with Gasteiger partial charge in [0.2, 0.25) is 0 Å². The predicted molar refractivity (Wildman–Crippen MR) is 46.3 cm³/mol. The molecular formula is C8H15NO4. The highest BCUT2D eigenvalue weighted by molar-refractivity contribution is 5.84. The summed E-state index contributed by atoms with van der Waals surface area (Å²) < 4.78 is 0. The van der Waals surface area contributed by atoms with Crippen molar-refractivity contribution in [2.45, 2.75) is 38.1 Å². The molecule has 0 aromatic heterocycles. The van der Waals surface area contributed by atoms with Gasteiger partial charge in [-0.25, -0.2) is 0 Å². The number of carbonyl (C=O) groups is 2. The van der Waals surface area contributed by atoms with Crippen molar-refractivity contribution >= 4 is 11.9 Å². The number of aliphatic carboxylic acids is 2. The molecule has 4 N–H and O–H groups in total. The molecule has 13 heavy (non-hydrogen) atoms. The van der Waals surface area contributed by atoms with Crippen molar-refractivity contribution in [2.24, 2.45) is 5.73 Å². The van der Waals surface area contributed by atoms with Crippen molar-refractivity contribution in [1.29, 1.82) is 0 Å². The van der Waals surface area contributed by atoms with Crippen molar-refractivity contribution in [1.82, 2.24) is 0 Å². The molecule has 0 aromatic rings. The Bertz CT molecular complexity index is 204. The Morgan fingerprint density at radius 2 is 1.92 bits per heavy atom. The minimum absolute atomic E-state index is 0.200. The van der Waals surface area contributed by atoms with Gasteiger partial charge in [-0.1, -0.05) is 19.8 Å². The van der Waals surface area contributed by atoms with Gasteiger partial charge in [-0.05, 0) is 6.42 Å². The van der Waals surface area contributed by atoms with E-state index in [-0.39, 0.29) is 6.42 Å². The lowest BCUT2D eigenvalue weighted by Gasteiger charge is -2.22. The maximum Gasteiger partial charge on any atom is 0.324 e. The lowest BCUT2D eigenvalue weighted by atomic mass is 9.90. The molecule has 0 amide bonds. The summed E-state index contributed by atoms with van der Waals surface area (Å²) in [5.41, 5.74) is 3.84. The van der Waals surface area contributed by atoms with Crippen LogP contribution in [0.5, 0.6) is 0 Å². The van der Waals surface area contributed by atoms with Gasteiger partial charge in [0.1, 0.15) is 5.54 Å². The monoisotopic (exact) mass is 189 g/mol. The Labute approximate surface area is 76.5 Å². The van der Waals surface area contributed by atoms with Crippen LogP contribution < -0.4 is 5.73 Å². The Kier molecular flexibility index (Phi) is 4.40. The van der Waals surface area contributed by atoms with E-state index in [1.807, 2.05) is 6.92 Å². The first-order valence-electron chi connectivity index (χ1n) is 4.16. The van der Waals surface area contributed by atoms with Gasteiger partial charge in [-0.2, -0.15) is 0 Å². The second-order valence-electron chi connectivity index (χ2n) is 3.14. The van der Waals surface area contributed by atoms with Gasteiger partial charge in [-0.3, -0.25) is 9.59 Å².